The Hall–Kier alpha value is -2.84. The predicted octanol–water partition coefficient (Wildman–Crippen LogP) is 1.95. The fourth-order valence-corrected chi connectivity index (χ4v) is 2.66. The molecule has 1 saturated heterocycles. The summed E-state index contributed by atoms with van der Waals surface area (Å²) in [6, 6.07) is 3.98. The van der Waals surface area contributed by atoms with Crippen LogP contribution in [0, 0.1) is 10.1 Å². The first kappa shape index (κ1) is 18.5. The van der Waals surface area contributed by atoms with E-state index in [1.54, 1.807) is 11.8 Å². The summed E-state index contributed by atoms with van der Waals surface area (Å²) in [6.45, 7) is 3.06. The van der Waals surface area contributed by atoms with Gasteiger partial charge in [0.05, 0.1) is 18.6 Å². The molecule has 1 heterocycles. The second-order valence-corrected chi connectivity index (χ2v) is 5.58. The van der Waals surface area contributed by atoms with Crippen LogP contribution in [0.5, 0.6) is 5.75 Å². The lowest BCUT2D eigenvalue weighted by Crippen LogP contribution is -2.46. The van der Waals surface area contributed by atoms with E-state index in [-0.39, 0.29) is 35.0 Å². The molecular formula is C16H21N3O6. The zero-order valence-electron chi connectivity index (χ0n) is 14.2. The second kappa shape index (κ2) is 8.32. The van der Waals surface area contributed by atoms with Gasteiger partial charge in [-0.25, -0.2) is 4.79 Å². The molecule has 1 aliphatic heterocycles. The molecule has 0 unspecified atom stereocenters. The quantitative estimate of drug-likeness (QED) is 0.641. The maximum absolute atomic E-state index is 12.3. The van der Waals surface area contributed by atoms with E-state index < -0.39 is 4.92 Å². The van der Waals surface area contributed by atoms with E-state index in [9.17, 15) is 19.7 Å². The van der Waals surface area contributed by atoms with Crippen LogP contribution >= 0.6 is 0 Å². The van der Waals surface area contributed by atoms with Gasteiger partial charge in [0.2, 0.25) is 0 Å². The molecule has 0 spiro atoms. The van der Waals surface area contributed by atoms with Crippen molar-refractivity contribution in [1.29, 1.82) is 0 Å². The highest BCUT2D eigenvalue weighted by Gasteiger charge is 2.25. The number of likely N-dealkylation sites (tertiary alicyclic amines) is 1. The van der Waals surface area contributed by atoms with Gasteiger partial charge in [-0.15, -0.1) is 0 Å². The highest BCUT2D eigenvalue weighted by Crippen LogP contribution is 2.27. The minimum atomic E-state index is -0.590. The number of ether oxygens (including phenoxy) is 2. The summed E-state index contributed by atoms with van der Waals surface area (Å²) in [6.07, 6.45) is 0.851. The Morgan fingerprint density at radius 1 is 1.36 bits per heavy atom. The van der Waals surface area contributed by atoms with Crippen molar-refractivity contribution in [3.8, 4) is 5.75 Å². The monoisotopic (exact) mass is 351 g/mol. The minimum absolute atomic E-state index is 0.0978. The van der Waals surface area contributed by atoms with Crippen molar-refractivity contribution in [3.63, 3.8) is 0 Å². The molecule has 0 aromatic heterocycles. The van der Waals surface area contributed by atoms with Gasteiger partial charge in [0.15, 0.2) is 5.75 Å². The summed E-state index contributed by atoms with van der Waals surface area (Å²) in [5.74, 6) is -0.287. The number of nitrogens with one attached hydrogen (secondary N) is 1. The zero-order valence-corrected chi connectivity index (χ0v) is 14.2. The number of methoxy groups -OCH3 is 1. The summed E-state index contributed by atoms with van der Waals surface area (Å²) >= 11 is 0. The maximum atomic E-state index is 12.3. The molecule has 2 amide bonds. The van der Waals surface area contributed by atoms with Gasteiger partial charge < -0.3 is 19.7 Å². The summed E-state index contributed by atoms with van der Waals surface area (Å²) in [4.78, 5) is 36.0. The van der Waals surface area contributed by atoms with Crippen molar-refractivity contribution < 1.29 is 24.0 Å². The third kappa shape index (κ3) is 4.59. The van der Waals surface area contributed by atoms with Crippen LogP contribution in [0.2, 0.25) is 0 Å². The van der Waals surface area contributed by atoms with E-state index in [0.29, 0.717) is 32.5 Å². The average Bonchev–Trinajstić information content (AvgIpc) is 2.61. The van der Waals surface area contributed by atoms with E-state index >= 15 is 0 Å². The van der Waals surface area contributed by atoms with Crippen molar-refractivity contribution >= 4 is 17.7 Å². The minimum Gasteiger partial charge on any atom is -0.490 e. The first-order valence-corrected chi connectivity index (χ1v) is 8.01. The third-order valence-electron chi connectivity index (χ3n) is 3.99. The Labute approximate surface area is 145 Å². The van der Waals surface area contributed by atoms with Crippen LogP contribution < -0.4 is 10.1 Å². The van der Waals surface area contributed by atoms with Crippen LogP contribution in [0.1, 0.15) is 30.1 Å². The van der Waals surface area contributed by atoms with Gasteiger partial charge in [0, 0.05) is 30.8 Å². The number of amides is 2. The Kier molecular flexibility index (Phi) is 6.15. The SMILES string of the molecule is CCOC(=O)N1CCC(NC(=O)c2ccc(OC)c([N+](=O)[O-])c2)CC1. The molecule has 1 fully saturated rings. The summed E-state index contributed by atoms with van der Waals surface area (Å²) in [7, 11) is 1.33. The number of nitro groups is 1. The highest BCUT2D eigenvalue weighted by atomic mass is 16.6. The molecule has 1 aromatic rings. The van der Waals surface area contributed by atoms with Crippen LogP contribution in [0.4, 0.5) is 10.5 Å². The predicted molar refractivity (Wildman–Crippen MR) is 88.7 cm³/mol. The van der Waals surface area contributed by atoms with Crippen LogP contribution in [0.3, 0.4) is 0 Å². The lowest BCUT2D eigenvalue weighted by atomic mass is 10.0. The van der Waals surface area contributed by atoms with Crippen molar-refractivity contribution in [1.82, 2.24) is 10.2 Å². The number of benzene rings is 1. The number of hydrogen-bond donors (Lipinski definition) is 1. The first-order chi connectivity index (χ1) is 12.0. The molecule has 0 bridgehead atoms. The number of carbonyl (C=O) groups excluding carboxylic acids is 2. The van der Waals surface area contributed by atoms with E-state index in [0.717, 1.165) is 0 Å². The average molecular weight is 351 g/mol. The summed E-state index contributed by atoms with van der Waals surface area (Å²) in [5, 5.41) is 13.9. The number of piperidine rings is 1. The standard InChI is InChI=1S/C16H21N3O6/c1-3-25-16(21)18-8-6-12(7-9-18)17-15(20)11-4-5-14(24-2)13(10-11)19(22)23/h4-5,10,12H,3,6-9H2,1-2H3,(H,17,20). The molecule has 0 aliphatic carbocycles. The van der Waals surface area contributed by atoms with Crippen molar-refractivity contribution in [2.24, 2.45) is 0 Å². The Morgan fingerprint density at radius 2 is 2.04 bits per heavy atom. The largest absolute Gasteiger partial charge is 0.490 e. The van der Waals surface area contributed by atoms with Gasteiger partial charge in [-0.1, -0.05) is 0 Å². The molecule has 9 nitrogen and oxygen atoms in total. The number of hydrogen-bond acceptors (Lipinski definition) is 6. The molecule has 0 radical (unpaired) electrons. The first-order valence-electron chi connectivity index (χ1n) is 8.01. The van der Waals surface area contributed by atoms with Crippen molar-refractivity contribution in [2.75, 3.05) is 26.8 Å². The number of rotatable bonds is 5. The molecule has 136 valence electrons. The van der Waals surface area contributed by atoms with Crippen LogP contribution in [0.15, 0.2) is 18.2 Å². The number of nitrogens with zero attached hydrogens (tertiary/aromatic N) is 2. The van der Waals surface area contributed by atoms with Crippen molar-refractivity contribution in [2.45, 2.75) is 25.8 Å². The molecule has 0 atom stereocenters. The fourth-order valence-electron chi connectivity index (χ4n) is 2.66. The molecule has 9 heteroatoms. The smallest absolute Gasteiger partial charge is 0.409 e. The molecule has 1 aliphatic rings. The van der Waals surface area contributed by atoms with Crippen LogP contribution in [0.25, 0.3) is 0 Å². The molecule has 1 N–H and O–H groups in total. The molecule has 0 saturated carbocycles. The Morgan fingerprint density at radius 3 is 2.60 bits per heavy atom. The van der Waals surface area contributed by atoms with Gasteiger partial charge in [0.25, 0.3) is 5.91 Å². The lowest BCUT2D eigenvalue weighted by molar-refractivity contribution is -0.385. The van der Waals surface area contributed by atoms with Gasteiger partial charge >= 0.3 is 11.8 Å². The van der Waals surface area contributed by atoms with E-state index in [4.69, 9.17) is 9.47 Å². The van der Waals surface area contributed by atoms with E-state index in [1.807, 2.05) is 0 Å². The second-order valence-electron chi connectivity index (χ2n) is 5.58. The molecule has 1 aromatic carbocycles. The number of carbonyl (C=O) groups is 2. The Balaban J connectivity index is 1.96. The zero-order chi connectivity index (χ0) is 18.4. The fraction of sp³-hybridized carbons (Fsp3) is 0.500. The molecular weight excluding hydrogens is 330 g/mol. The van der Waals surface area contributed by atoms with E-state index in [2.05, 4.69) is 5.32 Å². The highest BCUT2D eigenvalue weighted by molar-refractivity contribution is 5.95. The molecule has 25 heavy (non-hydrogen) atoms. The summed E-state index contributed by atoms with van der Waals surface area (Å²) in [5.41, 5.74) is -0.0624. The lowest BCUT2D eigenvalue weighted by Gasteiger charge is -2.31. The normalized spacial score (nSPS) is 14.7. The Bertz CT molecular complexity index is 655. The maximum Gasteiger partial charge on any atom is 0.409 e. The summed E-state index contributed by atoms with van der Waals surface area (Å²) < 4.78 is 9.87. The van der Waals surface area contributed by atoms with Gasteiger partial charge in [-0.05, 0) is 31.9 Å². The van der Waals surface area contributed by atoms with Crippen molar-refractivity contribution in [3.05, 3.63) is 33.9 Å². The topological polar surface area (TPSA) is 111 Å². The third-order valence-corrected chi connectivity index (χ3v) is 3.99. The van der Waals surface area contributed by atoms with Crippen LogP contribution in [-0.2, 0) is 4.74 Å². The van der Waals surface area contributed by atoms with Gasteiger partial charge in [-0.3, -0.25) is 14.9 Å². The van der Waals surface area contributed by atoms with Gasteiger partial charge in [-0.2, -0.15) is 0 Å². The van der Waals surface area contributed by atoms with E-state index in [1.165, 1.54) is 25.3 Å². The molecule has 2 rings (SSSR count). The van der Waals surface area contributed by atoms with Crippen LogP contribution in [-0.4, -0.2) is 54.7 Å². The number of nitro benzene ring substituents is 1. The van der Waals surface area contributed by atoms with Gasteiger partial charge in [0.1, 0.15) is 0 Å².